The number of carbonyl (C=O) groups is 2. The molecule has 114 valence electrons. The SMILES string of the molecule is CCC1(C)NC(=O)C(C(C)C)N(c2ccc(Br)cc2)C1=O. The molecule has 0 saturated carbocycles. The van der Waals surface area contributed by atoms with Crippen molar-refractivity contribution in [3.05, 3.63) is 28.7 Å². The summed E-state index contributed by atoms with van der Waals surface area (Å²) in [5, 5.41) is 2.90. The van der Waals surface area contributed by atoms with Gasteiger partial charge in [0.1, 0.15) is 11.6 Å². The monoisotopic (exact) mass is 352 g/mol. The van der Waals surface area contributed by atoms with Gasteiger partial charge in [-0.1, -0.05) is 36.7 Å². The molecule has 0 radical (unpaired) electrons. The molecular weight excluding hydrogens is 332 g/mol. The Kier molecular flexibility index (Phi) is 4.42. The Labute approximate surface area is 134 Å². The van der Waals surface area contributed by atoms with Crippen LogP contribution in [0.3, 0.4) is 0 Å². The third-order valence-corrected chi connectivity index (χ3v) is 4.61. The smallest absolute Gasteiger partial charge is 0.253 e. The maximum atomic E-state index is 12.9. The van der Waals surface area contributed by atoms with Crippen molar-refractivity contribution in [1.29, 1.82) is 0 Å². The van der Waals surface area contributed by atoms with Crippen LogP contribution in [-0.4, -0.2) is 23.4 Å². The van der Waals surface area contributed by atoms with Gasteiger partial charge in [-0.3, -0.25) is 14.5 Å². The number of halogens is 1. The van der Waals surface area contributed by atoms with E-state index in [2.05, 4.69) is 21.2 Å². The Bertz CT molecular complexity index is 556. The second-order valence-electron chi connectivity index (χ2n) is 6.02. The molecular formula is C16H21BrN2O2. The molecule has 1 saturated heterocycles. The quantitative estimate of drug-likeness (QED) is 0.908. The van der Waals surface area contributed by atoms with Crippen molar-refractivity contribution in [1.82, 2.24) is 5.32 Å². The number of hydrogen-bond acceptors (Lipinski definition) is 2. The average molecular weight is 353 g/mol. The van der Waals surface area contributed by atoms with Crippen LogP contribution in [0.25, 0.3) is 0 Å². The van der Waals surface area contributed by atoms with E-state index in [0.717, 1.165) is 10.2 Å². The van der Waals surface area contributed by atoms with Gasteiger partial charge in [0.15, 0.2) is 0 Å². The zero-order chi connectivity index (χ0) is 15.8. The number of piperazine rings is 1. The summed E-state index contributed by atoms with van der Waals surface area (Å²) in [6.07, 6.45) is 0.565. The van der Waals surface area contributed by atoms with Crippen molar-refractivity contribution < 1.29 is 9.59 Å². The molecule has 1 aliphatic heterocycles. The van der Waals surface area contributed by atoms with Gasteiger partial charge in [-0.2, -0.15) is 0 Å². The number of hydrogen-bond donors (Lipinski definition) is 1. The van der Waals surface area contributed by atoms with Crippen LogP contribution >= 0.6 is 15.9 Å². The third-order valence-electron chi connectivity index (χ3n) is 4.08. The lowest BCUT2D eigenvalue weighted by Gasteiger charge is -2.45. The summed E-state index contributed by atoms with van der Waals surface area (Å²) in [6.45, 7) is 7.61. The van der Waals surface area contributed by atoms with Crippen LogP contribution in [0.5, 0.6) is 0 Å². The summed E-state index contributed by atoms with van der Waals surface area (Å²) >= 11 is 3.39. The van der Waals surface area contributed by atoms with Gasteiger partial charge in [0.05, 0.1) is 0 Å². The van der Waals surface area contributed by atoms with Gasteiger partial charge in [-0.15, -0.1) is 0 Å². The second kappa shape index (κ2) is 5.79. The Morgan fingerprint density at radius 1 is 1.29 bits per heavy atom. The molecule has 1 aliphatic rings. The summed E-state index contributed by atoms with van der Waals surface area (Å²) in [7, 11) is 0. The summed E-state index contributed by atoms with van der Waals surface area (Å²) in [5.41, 5.74) is -0.0772. The molecule has 0 aliphatic carbocycles. The van der Waals surface area contributed by atoms with E-state index in [1.165, 1.54) is 0 Å². The van der Waals surface area contributed by atoms with Crippen LogP contribution in [0, 0.1) is 5.92 Å². The molecule has 2 atom stereocenters. The lowest BCUT2D eigenvalue weighted by molar-refractivity contribution is -0.138. The minimum absolute atomic E-state index is 0.0407. The zero-order valence-corrected chi connectivity index (χ0v) is 14.4. The predicted octanol–water partition coefficient (Wildman–Crippen LogP) is 3.11. The Morgan fingerprint density at radius 3 is 2.33 bits per heavy atom. The normalized spacial score (nSPS) is 26.2. The van der Waals surface area contributed by atoms with Gasteiger partial charge < -0.3 is 5.32 Å². The molecule has 0 bridgehead atoms. The molecule has 1 aromatic carbocycles. The number of benzene rings is 1. The van der Waals surface area contributed by atoms with Gasteiger partial charge in [0.2, 0.25) is 5.91 Å². The molecule has 21 heavy (non-hydrogen) atoms. The Hall–Kier alpha value is -1.36. The number of nitrogens with zero attached hydrogens (tertiary/aromatic N) is 1. The first-order valence-corrected chi connectivity index (χ1v) is 8.00. The fourth-order valence-electron chi connectivity index (χ4n) is 2.63. The van der Waals surface area contributed by atoms with E-state index in [4.69, 9.17) is 0 Å². The van der Waals surface area contributed by atoms with Gasteiger partial charge in [-0.25, -0.2) is 0 Å². The molecule has 1 heterocycles. The molecule has 5 heteroatoms. The Balaban J connectivity index is 2.51. The van der Waals surface area contributed by atoms with Crippen molar-refractivity contribution in [2.24, 2.45) is 5.92 Å². The largest absolute Gasteiger partial charge is 0.340 e. The van der Waals surface area contributed by atoms with E-state index in [9.17, 15) is 9.59 Å². The minimum Gasteiger partial charge on any atom is -0.340 e. The lowest BCUT2D eigenvalue weighted by Crippen LogP contribution is -2.70. The molecule has 2 unspecified atom stereocenters. The number of rotatable bonds is 3. The summed E-state index contributed by atoms with van der Waals surface area (Å²) in [6, 6.07) is 7.03. The van der Waals surface area contributed by atoms with Gasteiger partial charge in [0, 0.05) is 10.2 Å². The van der Waals surface area contributed by atoms with E-state index in [-0.39, 0.29) is 17.7 Å². The van der Waals surface area contributed by atoms with E-state index in [0.29, 0.717) is 6.42 Å². The second-order valence-corrected chi connectivity index (χ2v) is 6.93. The first-order chi connectivity index (χ1) is 9.80. The molecule has 2 rings (SSSR count). The maximum Gasteiger partial charge on any atom is 0.253 e. The molecule has 1 N–H and O–H groups in total. The highest BCUT2D eigenvalue weighted by molar-refractivity contribution is 9.10. The molecule has 2 amide bonds. The van der Waals surface area contributed by atoms with Crippen LogP contribution < -0.4 is 10.2 Å². The van der Waals surface area contributed by atoms with Crippen LogP contribution in [0.2, 0.25) is 0 Å². The highest BCUT2D eigenvalue weighted by Crippen LogP contribution is 2.30. The fraction of sp³-hybridized carbons (Fsp3) is 0.500. The van der Waals surface area contributed by atoms with Crippen LogP contribution in [0.15, 0.2) is 28.7 Å². The van der Waals surface area contributed by atoms with Gasteiger partial charge >= 0.3 is 0 Å². The Morgan fingerprint density at radius 2 is 1.86 bits per heavy atom. The highest BCUT2D eigenvalue weighted by Gasteiger charge is 2.48. The lowest BCUT2D eigenvalue weighted by atomic mass is 9.88. The first kappa shape index (κ1) is 16.0. The topological polar surface area (TPSA) is 49.4 Å². The molecule has 0 spiro atoms. The van der Waals surface area contributed by atoms with E-state index in [1.807, 2.05) is 45.0 Å². The minimum atomic E-state index is -0.838. The van der Waals surface area contributed by atoms with Crippen molar-refractivity contribution in [2.45, 2.75) is 45.7 Å². The van der Waals surface area contributed by atoms with Crippen LogP contribution in [0.1, 0.15) is 34.1 Å². The van der Waals surface area contributed by atoms with Crippen molar-refractivity contribution in [3.8, 4) is 0 Å². The zero-order valence-electron chi connectivity index (χ0n) is 12.8. The van der Waals surface area contributed by atoms with E-state index >= 15 is 0 Å². The van der Waals surface area contributed by atoms with Crippen molar-refractivity contribution >= 4 is 33.4 Å². The van der Waals surface area contributed by atoms with Crippen molar-refractivity contribution in [2.75, 3.05) is 4.90 Å². The standard InChI is InChI=1S/C16H21BrN2O2/c1-5-16(4)15(21)19(12-8-6-11(17)7-9-12)13(10(2)3)14(20)18-16/h6-10,13H,5H2,1-4H3,(H,18,20). The van der Waals surface area contributed by atoms with Crippen LogP contribution in [-0.2, 0) is 9.59 Å². The predicted molar refractivity (Wildman–Crippen MR) is 87.1 cm³/mol. The molecule has 0 aromatic heterocycles. The third kappa shape index (κ3) is 2.84. The summed E-state index contributed by atoms with van der Waals surface area (Å²) in [5.74, 6) is -0.0958. The first-order valence-electron chi connectivity index (χ1n) is 7.21. The van der Waals surface area contributed by atoms with Crippen molar-refractivity contribution in [3.63, 3.8) is 0 Å². The fourth-order valence-corrected chi connectivity index (χ4v) is 2.89. The molecule has 4 nitrogen and oxygen atoms in total. The average Bonchev–Trinajstić information content (AvgIpc) is 2.43. The van der Waals surface area contributed by atoms with Gasteiger partial charge in [-0.05, 0) is 43.5 Å². The summed E-state index contributed by atoms with van der Waals surface area (Å²) in [4.78, 5) is 27.1. The highest BCUT2D eigenvalue weighted by atomic mass is 79.9. The maximum absolute atomic E-state index is 12.9. The van der Waals surface area contributed by atoms with Gasteiger partial charge in [0.25, 0.3) is 5.91 Å². The number of amides is 2. The number of carbonyl (C=O) groups excluding carboxylic acids is 2. The van der Waals surface area contributed by atoms with E-state index in [1.54, 1.807) is 11.8 Å². The number of anilines is 1. The van der Waals surface area contributed by atoms with Crippen LogP contribution in [0.4, 0.5) is 5.69 Å². The molecule has 1 fully saturated rings. The number of nitrogens with one attached hydrogen (secondary N) is 1. The summed E-state index contributed by atoms with van der Waals surface area (Å²) < 4.78 is 0.944. The molecule has 1 aromatic rings. The van der Waals surface area contributed by atoms with E-state index < -0.39 is 11.6 Å².